The Morgan fingerprint density at radius 1 is 1.36 bits per heavy atom. The number of nitrogens with one attached hydrogen (secondary N) is 2. The van der Waals surface area contributed by atoms with E-state index in [-0.39, 0.29) is 11.8 Å². The minimum absolute atomic E-state index is 0.00176. The van der Waals surface area contributed by atoms with Crippen LogP contribution in [-0.2, 0) is 4.79 Å². The van der Waals surface area contributed by atoms with E-state index in [1.807, 2.05) is 13.8 Å². The molecule has 1 aromatic carbocycles. The molecule has 0 saturated heterocycles. The highest BCUT2D eigenvalue weighted by molar-refractivity contribution is 9.10. The number of amides is 2. The normalized spacial score (nSPS) is 19.3. The maximum Gasteiger partial charge on any atom is 0.269 e. The first-order valence-electron chi connectivity index (χ1n) is 7.08. The molecular weight excluding hydrogens is 352 g/mol. The summed E-state index contributed by atoms with van der Waals surface area (Å²) in [4.78, 5) is 23.8. The average Bonchev–Trinajstić information content (AvgIpc) is 3.23. The molecule has 7 heteroatoms. The lowest BCUT2D eigenvalue weighted by molar-refractivity contribution is -0.123. The van der Waals surface area contributed by atoms with Gasteiger partial charge in [-0.15, -0.1) is 0 Å². The molecule has 2 N–H and O–H groups in total. The first kappa shape index (κ1) is 16.6. The van der Waals surface area contributed by atoms with Gasteiger partial charge in [-0.1, -0.05) is 6.92 Å². The van der Waals surface area contributed by atoms with E-state index in [1.165, 1.54) is 7.11 Å². The van der Waals surface area contributed by atoms with Crippen molar-refractivity contribution in [2.45, 2.75) is 20.3 Å². The van der Waals surface area contributed by atoms with Gasteiger partial charge in [-0.05, 0) is 47.3 Å². The van der Waals surface area contributed by atoms with Crippen molar-refractivity contribution < 1.29 is 19.1 Å². The van der Waals surface area contributed by atoms with Gasteiger partial charge in [-0.25, -0.2) is 0 Å². The molecule has 6 nitrogen and oxygen atoms in total. The van der Waals surface area contributed by atoms with E-state index in [4.69, 9.17) is 9.47 Å². The summed E-state index contributed by atoms with van der Waals surface area (Å²) in [5.74, 6) is 0.806. The van der Waals surface area contributed by atoms with E-state index in [9.17, 15) is 9.59 Å². The molecule has 22 heavy (non-hydrogen) atoms. The summed E-state index contributed by atoms with van der Waals surface area (Å²) in [6.45, 7) is 4.34. The van der Waals surface area contributed by atoms with Crippen LogP contribution in [-0.4, -0.2) is 25.5 Å². The van der Waals surface area contributed by atoms with Gasteiger partial charge in [0.25, 0.3) is 5.91 Å². The third-order valence-corrected chi connectivity index (χ3v) is 4.11. The molecule has 2 rings (SSSR count). The van der Waals surface area contributed by atoms with Crippen LogP contribution in [0.25, 0.3) is 0 Å². The molecule has 1 aliphatic rings. The summed E-state index contributed by atoms with van der Waals surface area (Å²) in [7, 11) is 1.50. The maximum atomic E-state index is 12.1. The van der Waals surface area contributed by atoms with Crippen LogP contribution in [0.2, 0.25) is 0 Å². The van der Waals surface area contributed by atoms with Crippen molar-refractivity contribution in [1.82, 2.24) is 10.9 Å². The number of halogens is 1. The van der Waals surface area contributed by atoms with Crippen LogP contribution < -0.4 is 20.3 Å². The zero-order valence-electron chi connectivity index (χ0n) is 12.7. The van der Waals surface area contributed by atoms with Gasteiger partial charge < -0.3 is 9.47 Å². The fourth-order valence-electron chi connectivity index (χ4n) is 2.11. The summed E-state index contributed by atoms with van der Waals surface area (Å²) in [6, 6.07) is 3.19. The summed E-state index contributed by atoms with van der Waals surface area (Å²) in [5, 5.41) is 0. The highest BCUT2D eigenvalue weighted by atomic mass is 79.9. The van der Waals surface area contributed by atoms with Gasteiger partial charge in [0.05, 0.1) is 18.2 Å². The topological polar surface area (TPSA) is 76.7 Å². The molecule has 0 heterocycles. The fraction of sp³-hybridized carbons (Fsp3) is 0.467. The largest absolute Gasteiger partial charge is 0.493 e. The number of hydrazine groups is 1. The molecule has 2 amide bonds. The molecule has 2 atom stereocenters. The Labute approximate surface area is 137 Å². The maximum absolute atomic E-state index is 12.1. The van der Waals surface area contributed by atoms with Crippen molar-refractivity contribution >= 4 is 27.7 Å². The number of hydrogen-bond acceptors (Lipinski definition) is 4. The van der Waals surface area contributed by atoms with Crippen LogP contribution in [0.3, 0.4) is 0 Å². The van der Waals surface area contributed by atoms with Gasteiger partial charge in [-0.2, -0.15) is 0 Å². The van der Waals surface area contributed by atoms with Crippen LogP contribution >= 0.6 is 15.9 Å². The Bertz CT molecular complexity index is 591. The average molecular weight is 371 g/mol. The van der Waals surface area contributed by atoms with Crippen molar-refractivity contribution in [3.05, 3.63) is 22.2 Å². The van der Waals surface area contributed by atoms with Crippen molar-refractivity contribution in [3.8, 4) is 11.5 Å². The SMILES string of the molecule is CCOc1c(Br)cc(C(=O)NNC(=O)C2CC2C)cc1OC. The molecule has 1 fully saturated rings. The second kappa shape index (κ2) is 7.00. The quantitative estimate of drug-likeness (QED) is 0.779. The molecule has 0 aromatic heterocycles. The minimum atomic E-state index is -0.413. The number of benzene rings is 1. The standard InChI is InChI=1S/C15H19BrN2O4/c1-4-22-13-11(16)6-9(7-12(13)21-3)14(19)17-18-15(20)10-5-8(10)2/h6-8,10H,4-5H2,1-3H3,(H,17,19)(H,18,20). The van der Waals surface area contributed by atoms with E-state index in [1.54, 1.807) is 12.1 Å². The van der Waals surface area contributed by atoms with Gasteiger partial charge in [0, 0.05) is 11.5 Å². The predicted molar refractivity (Wildman–Crippen MR) is 84.7 cm³/mol. The van der Waals surface area contributed by atoms with Crippen LogP contribution in [0.15, 0.2) is 16.6 Å². The molecule has 0 aliphatic heterocycles. The van der Waals surface area contributed by atoms with Gasteiger partial charge >= 0.3 is 0 Å². The van der Waals surface area contributed by atoms with Crippen molar-refractivity contribution in [3.63, 3.8) is 0 Å². The molecule has 0 bridgehead atoms. The number of ether oxygens (including phenoxy) is 2. The van der Waals surface area contributed by atoms with E-state index in [0.29, 0.717) is 34.1 Å². The zero-order chi connectivity index (χ0) is 16.3. The van der Waals surface area contributed by atoms with Crippen molar-refractivity contribution in [1.29, 1.82) is 0 Å². The summed E-state index contributed by atoms with van der Waals surface area (Å²) in [6.07, 6.45) is 0.865. The zero-order valence-corrected chi connectivity index (χ0v) is 14.3. The molecule has 1 aromatic rings. The van der Waals surface area contributed by atoms with E-state index in [0.717, 1.165) is 6.42 Å². The number of methoxy groups -OCH3 is 1. The first-order valence-corrected chi connectivity index (χ1v) is 7.87. The highest BCUT2D eigenvalue weighted by Crippen LogP contribution is 2.38. The molecule has 0 spiro atoms. The Morgan fingerprint density at radius 2 is 2.05 bits per heavy atom. The lowest BCUT2D eigenvalue weighted by Gasteiger charge is -2.13. The molecular formula is C15H19BrN2O4. The van der Waals surface area contributed by atoms with Gasteiger partial charge in [0.15, 0.2) is 11.5 Å². The number of carbonyl (C=O) groups is 2. The van der Waals surface area contributed by atoms with E-state index in [2.05, 4.69) is 26.8 Å². The summed E-state index contributed by atoms with van der Waals surface area (Å²) >= 11 is 3.36. The van der Waals surface area contributed by atoms with Crippen molar-refractivity contribution in [2.75, 3.05) is 13.7 Å². The van der Waals surface area contributed by atoms with Crippen LogP contribution in [0, 0.1) is 11.8 Å². The third-order valence-electron chi connectivity index (χ3n) is 3.53. The predicted octanol–water partition coefficient (Wildman–Crippen LogP) is 2.27. The number of carbonyl (C=O) groups excluding carboxylic acids is 2. The van der Waals surface area contributed by atoms with Gasteiger partial charge in [0.2, 0.25) is 5.91 Å². The van der Waals surface area contributed by atoms with Gasteiger partial charge in [-0.3, -0.25) is 20.4 Å². The second-order valence-corrected chi connectivity index (χ2v) is 6.04. The van der Waals surface area contributed by atoms with E-state index < -0.39 is 5.91 Å². The summed E-state index contributed by atoms with van der Waals surface area (Å²) < 4.78 is 11.3. The van der Waals surface area contributed by atoms with Crippen LogP contribution in [0.1, 0.15) is 30.6 Å². The first-order chi connectivity index (χ1) is 10.5. The second-order valence-electron chi connectivity index (χ2n) is 5.19. The van der Waals surface area contributed by atoms with Gasteiger partial charge in [0.1, 0.15) is 0 Å². The number of rotatable bonds is 5. The Balaban J connectivity index is 2.06. The lowest BCUT2D eigenvalue weighted by atomic mass is 10.2. The van der Waals surface area contributed by atoms with Crippen LogP contribution in [0.4, 0.5) is 0 Å². The highest BCUT2D eigenvalue weighted by Gasteiger charge is 2.39. The van der Waals surface area contributed by atoms with Crippen molar-refractivity contribution in [2.24, 2.45) is 11.8 Å². The van der Waals surface area contributed by atoms with E-state index >= 15 is 0 Å². The smallest absolute Gasteiger partial charge is 0.269 e. The molecule has 2 unspecified atom stereocenters. The lowest BCUT2D eigenvalue weighted by Crippen LogP contribution is -2.42. The third kappa shape index (κ3) is 3.71. The monoisotopic (exact) mass is 370 g/mol. The molecule has 1 saturated carbocycles. The number of hydrogen-bond donors (Lipinski definition) is 2. The Hall–Kier alpha value is -1.76. The fourth-order valence-corrected chi connectivity index (χ4v) is 2.66. The molecule has 0 radical (unpaired) electrons. The summed E-state index contributed by atoms with van der Waals surface area (Å²) in [5.41, 5.74) is 5.22. The van der Waals surface area contributed by atoms with Crippen LogP contribution in [0.5, 0.6) is 11.5 Å². The minimum Gasteiger partial charge on any atom is -0.493 e. The Kier molecular flexibility index (Phi) is 5.28. The molecule has 120 valence electrons. The molecule has 1 aliphatic carbocycles. The Morgan fingerprint density at radius 3 is 2.59 bits per heavy atom.